The molecule has 1 aromatic heterocycles. The number of nitrogens with one attached hydrogen (secondary N) is 1. The molecule has 0 fully saturated rings. The highest BCUT2D eigenvalue weighted by Crippen LogP contribution is 2.32. The van der Waals surface area contributed by atoms with E-state index < -0.39 is 5.91 Å². The van der Waals surface area contributed by atoms with Crippen molar-refractivity contribution in [1.82, 2.24) is 9.47 Å². The molecule has 0 saturated heterocycles. The lowest BCUT2D eigenvalue weighted by Crippen LogP contribution is -2.34. The molecule has 0 aliphatic carbocycles. The van der Waals surface area contributed by atoms with Gasteiger partial charge in [0.05, 0.1) is 22.8 Å². The number of carbonyl (C=O) groups excluding carboxylic acids is 2. The number of nitriles is 2. The van der Waals surface area contributed by atoms with Crippen LogP contribution in [0.25, 0.3) is 0 Å². The minimum absolute atomic E-state index is 0.165. The standard InChI is InChI=1S/C25H28N6O2/c1-5-8-19(9-6-2)23-21(16-27)22(24(28)32)17(3)31(23)13-12-30(4)25(33)29-20-11-7-10-18(14-20)15-26/h5-7,9-11,14,19H,1,8,12-13H2,2-4H3,(H2,28,32)(H,29,33)/b9-6-. The molecular formula is C25H28N6O2. The quantitative estimate of drug-likeness (QED) is 0.566. The summed E-state index contributed by atoms with van der Waals surface area (Å²) in [5.74, 6) is -0.827. The minimum atomic E-state index is -0.662. The topological polar surface area (TPSA) is 128 Å². The molecule has 0 spiro atoms. The molecular weight excluding hydrogens is 416 g/mol. The molecule has 1 atom stereocenters. The summed E-state index contributed by atoms with van der Waals surface area (Å²) in [6.07, 6.45) is 6.18. The van der Waals surface area contributed by atoms with Crippen LogP contribution in [-0.2, 0) is 6.54 Å². The van der Waals surface area contributed by atoms with Crippen molar-refractivity contribution in [2.45, 2.75) is 32.7 Å². The van der Waals surface area contributed by atoms with Gasteiger partial charge in [-0.3, -0.25) is 4.79 Å². The number of likely N-dealkylation sites (N-methyl/N-ethyl adjacent to an activating group) is 1. The van der Waals surface area contributed by atoms with Crippen LogP contribution >= 0.6 is 0 Å². The van der Waals surface area contributed by atoms with Crippen molar-refractivity contribution in [1.29, 1.82) is 10.5 Å². The highest BCUT2D eigenvalue weighted by atomic mass is 16.2. The number of benzene rings is 1. The van der Waals surface area contributed by atoms with Gasteiger partial charge < -0.3 is 20.5 Å². The highest BCUT2D eigenvalue weighted by Gasteiger charge is 2.27. The number of nitrogens with zero attached hydrogens (tertiary/aromatic N) is 4. The number of aromatic nitrogens is 1. The van der Waals surface area contributed by atoms with Gasteiger partial charge in [0.15, 0.2) is 0 Å². The number of nitrogens with two attached hydrogens (primary N) is 1. The Labute approximate surface area is 194 Å². The van der Waals surface area contributed by atoms with Gasteiger partial charge in [-0.2, -0.15) is 10.5 Å². The van der Waals surface area contributed by atoms with Gasteiger partial charge in [0, 0.05) is 43.1 Å². The van der Waals surface area contributed by atoms with Gasteiger partial charge in [-0.25, -0.2) is 4.79 Å². The number of amides is 3. The molecule has 0 radical (unpaired) electrons. The number of urea groups is 1. The average molecular weight is 445 g/mol. The Kier molecular flexibility index (Phi) is 8.59. The fraction of sp³-hybridized carbons (Fsp3) is 0.280. The molecule has 0 aliphatic rings. The zero-order chi connectivity index (χ0) is 24.5. The Morgan fingerprint density at radius 1 is 1.33 bits per heavy atom. The minimum Gasteiger partial charge on any atom is -0.366 e. The number of allylic oxidation sites excluding steroid dienone is 3. The van der Waals surface area contributed by atoms with Gasteiger partial charge in [-0.05, 0) is 38.5 Å². The van der Waals surface area contributed by atoms with Gasteiger partial charge >= 0.3 is 6.03 Å². The third kappa shape index (κ3) is 5.69. The fourth-order valence-electron chi connectivity index (χ4n) is 3.78. The van der Waals surface area contributed by atoms with E-state index in [1.165, 1.54) is 4.90 Å². The van der Waals surface area contributed by atoms with E-state index in [0.717, 1.165) is 0 Å². The Balaban J connectivity index is 2.34. The molecule has 1 aromatic carbocycles. The van der Waals surface area contributed by atoms with Crippen LogP contribution in [0.15, 0.2) is 49.1 Å². The van der Waals surface area contributed by atoms with Crippen molar-refractivity contribution in [3.05, 3.63) is 77.2 Å². The van der Waals surface area contributed by atoms with Crippen molar-refractivity contribution in [3.8, 4) is 12.1 Å². The largest absolute Gasteiger partial charge is 0.366 e. The van der Waals surface area contributed by atoms with Crippen molar-refractivity contribution in [3.63, 3.8) is 0 Å². The second-order valence-electron chi connectivity index (χ2n) is 7.55. The third-order valence-corrected chi connectivity index (χ3v) is 5.37. The van der Waals surface area contributed by atoms with Gasteiger partial charge in [0.1, 0.15) is 6.07 Å². The average Bonchev–Trinajstić information content (AvgIpc) is 3.08. The van der Waals surface area contributed by atoms with E-state index in [-0.39, 0.29) is 23.1 Å². The van der Waals surface area contributed by atoms with E-state index in [1.54, 1.807) is 44.3 Å². The van der Waals surface area contributed by atoms with Gasteiger partial charge in [0.25, 0.3) is 5.91 Å². The smallest absolute Gasteiger partial charge is 0.321 e. The molecule has 0 saturated carbocycles. The number of anilines is 1. The van der Waals surface area contributed by atoms with Crippen molar-refractivity contribution >= 4 is 17.6 Å². The monoisotopic (exact) mass is 444 g/mol. The predicted molar refractivity (Wildman–Crippen MR) is 128 cm³/mol. The van der Waals surface area contributed by atoms with Crippen LogP contribution in [0.5, 0.6) is 0 Å². The summed E-state index contributed by atoms with van der Waals surface area (Å²) in [6.45, 7) is 8.11. The first-order valence-electron chi connectivity index (χ1n) is 10.5. The first-order valence-corrected chi connectivity index (χ1v) is 10.5. The lowest BCUT2D eigenvalue weighted by Gasteiger charge is -2.22. The second-order valence-corrected chi connectivity index (χ2v) is 7.55. The van der Waals surface area contributed by atoms with E-state index in [2.05, 4.69) is 18.0 Å². The van der Waals surface area contributed by atoms with E-state index in [0.29, 0.717) is 42.1 Å². The molecule has 0 aliphatic heterocycles. The Bertz CT molecular complexity index is 1160. The van der Waals surface area contributed by atoms with E-state index >= 15 is 0 Å². The number of carbonyl (C=O) groups is 2. The molecule has 1 heterocycles. The van der Waals surface area contributed by atoms with Crippen LogP contribution in [0.4, 0.5) is 10.5 Å². The summed E-state index contributed by atoms with van der Waals surface area (Å²) in [7, 11) is 1.65. The lowest BCUT2D eigenvalue weighted by molar-refractivity contribution is 0.0999. The molecule has 3 N–H and O–H groups in total. The number of hydrogen-bond acceptors (Lipinski definition) is 4. The number of primary amides is 1. The molecule has 0 bridgehead atoms. The van der Waals surface area contributed by atoms with Crippen LogP contribution in [0.2, 0.25) is 0 Å². The summed E-state index contributed by atoms with van der Waals surface area (Å²) < 4.78 is 1.88. The van der Waals surface area contributed by atoms with E-state index in [9.17, 15) is 14.9 Å². The van der Waals surface area contributed by atoms with Crippen LogP contribution in [0.3, 0.4) is 0 Å². The third-order valence-electron chi connectivity index (χ3n) is 5.37. The number of hydrogen-bond donors (Lipinski definition) is 2. The van der Waals surface area contributed by atoms with Crippen molar-refractivity contribution in [2.75, 3.05) is 18.9 Å². The second kappa shape index (κ2) is 11.4. The first-order chi connectivity index (χ1) is 15.8. The van der Waals surface area contributed by atoms with Crippen LogP contribution < -0.4 is 11.1 Å². The zero-order valence-electron chi connectivity index (χ0n) is 19.1. The highest BCUT2D eigenvalue weighted by molar-refractivity contribution is 5.97. The molecule has 2 aromatic rings. The summed E-state index contributed by atoms with van der Waals surface area (Å²) >= 11 is 0. The van der Waals surface area contributed by atoms with E-state index in [4.69, 9.17) is 11.0 Å². The Morgan fingerprint density at radius 2 is 2.06 bits per heavy atom. The Morgan fingerprint density at radius 3 is 2.64 bits per heavy atom. The molecule has 2 rings (SSSR count). The SMILES string of the molecule is C=CCC(/C=C\C)c1c(C#N)c(C(N)=O)c(C)n1CCN(C)C(=O)Nc1cccc(C#N)c1. The van der Waals surface area contributed by atoms with Gasteiger partial charge in [-0.1, -0.05) is 24.3 Å². The van der Waals surface area contributed by atoms with Gasteiger partial charge in [-0.15, -0.1) is 6.58 Å². The molecule has 3 amide bonds. The summed E-state index contributed by atoms with van der Waals surface area (Å²) in [6, 6.07) is 10.5. The van der Waals surface area contributed by atoms with Crippen LogP contribution in [0, 0.1) is 29.6 Å². The maximum atomic E-state index is 12.7. The fourth-order valence-corrected chi connectivity index (χ4v) is 3.78. The summed E-state index contributed by atoms with van der Waals surface area (Å²) in [5.41, 5.74) is 8.28. The maximum Gasteiger partial charge on any atom is 0.321 e. The maximum absolute atomic E-state index is 12.7. The summed E-state index contributed by atoms with van der Waals surface area (Å²) in [4.78, 5) is 26.3. The molecule has 170 valence electrons. The summed E-state index contributed by atoms with van der Waals surface area (Å²) in [5, 5.41) is 21.6. The molecule has 33 heavy (non-hydrogen) atoms. The predicted octanol–water partition coefficient (Wildman–Crippen LogP) is 4.04. The zero-order valence-corrected chi connectivity index (χ0v) is 19.1. The number of rotatable bonds is 9. The molecule has 8 heteroatoms. The normalized spacial score (nSPS) is 11.4. The van der Waals surface area contributed by atoms with Crippen LogP contribution in [-0.4, -0.2) is 35.0 Å². The van der Waals surface area contributed by atoms with E-state index in [1.807, 2.05) is 29.7 Å². The van der Waals surface area contributed by atoms with Crippen LogP contribution in [0.1, 0.15) is 52.1 Å². The van der Waals surface area contributed by atoms with Crippen molar-refractivity contribution < 1.29 is 9.59 Å². The lowest BCUT2D eigenvalue weighted by atomic mass is 9.96. The molecule has 1 unspecified atom stereocenters. The van der Waals surface area contributed by atoms with Crippen molar-refractivity contribution in [2.24, 2.45) is 5.73 Å². The van der Waals surface area contributed by atoms with Gasteiger partial charge in [0.2, 0.25) is 0 Å². The first kappa shape index (κ1) is 25.0. The Hall–Kier alpha value is -4.30. The molecule has 8 nitrogen and oxygen atoms in total.